The number of amides is 1. The highest BCUT2D eigenvalue weighted by Crippen LogP contribution is 2.25. The lowest BCUT2D eigenvalue weighted by atomic mass is 9.92. The van der Waals surface area contributed by atoms with Gasteiger partial charge in [0.2, 0.25) is 5.91 Å². The summed E-state index contributed by atoms with van der Waals surface area (Å²) in [5.74, 6) is 0.228. The maximum absolute atomic E-state index is 12.6. The highest BCUT2D eigenvalue weighted by atomic mass is 16.2. The Labute approximate surface area is 109 Å². The maximum atomic E-state index is 12.6. The first-order valence-electron chi connectivity index (χ1n) is 6.72. The van der Waals surface area contributed by atoms with Crippen molar-refractivity contribution in [2.75, 3.05) is 13.6 Å². The zero-order valence-electron chi connectivity index (χ0n) is 11.3. The van der Waals surface area contributed by atoms with Crippen LogP contribution in [0.1, 0.15) is 31.7 Å². The fourth-order valence-corrected chi connectivity index (χ4v) is 2.74. The van der Waals surface area contributed by atoms with Gasteiger partial charge < -0.3 is 10.2 Å². The molecule has 1 aromatic rings. The molecule has 1 heterocycles. The monoisotopic (exact) mass is 246 g/mol. The molecule has 2 rings (SSSR count). The van der Waals surface area contributed by atoms with Crippen LogP contribution < -0.4 is 5.32 Å². The first-order chi connectivity index (χ1) is 8.68. The van der Waals surface area contributed by atoms with Crippen molar-refractivity contribution in [3.05, 3.63) is 35.9 Å². The first kappa shape index (κ1) is 13.1. The predicted octanol–water partition coefficient (Wildman–Crippen LogP) is 2.18. The average molecular weight is 246 g/mol. The van der Waals surface area contributed by atoms with Crippen molar-refractivity contribution in [2.45, 2.75) is 38.3 Å². The van der Waals surface area contributed by atoms with Gasteiger partial charge in [0.25, 0.3) is 0 Å². The molecule has 3 heteroatoms. The minimum Gasteiger partial charge on any atom is -0.340 e. The van der Waals surface area contributed by atoms with Crippen LogP contribution in [0.4, 0.5) is 0 Å². The normalized spacial score (nSPS) is 23.0. The van der Waals surface area contributed by atoms with Gasteiger partial charge in [-0.05, 0) is 31.4 Å². The van der Waals surface area contributed by atoms with Gasteiger partial charge in [-0.25, -0.2) is 0 Å². The van der Waals surface area contributed by atoms with Crippen LogP contribution in [0.15, 0.2) is 30.3 Å². The second kappa shape index (κ2) is 5.53. The van der Waals surface area contributed by atoms with Crippen molar-refractivity contribution >= 4 is 5.91 Å². The molecule has 98 valence electrons. The molecule has 1 saturated heterocycles. The fourth-order valence-electron chi connectivity index (χ4n) is 2.74. The summed E-state index contributed by atoms with van der Waals surface area (Å²) in [6.45, 7) is 3.73. The summed E-state index contributed by atoms with van der Waals surface area (Å²) in [7, 11) is 1.90. The van der Waals surface area contributed by atoms with Gasteiger partial charge in [-0.1, -0.05) is 37.3 Å². The number of hydrogen-bond acceptors (Lipinski definition) is 2. The molecular weight excluding hydrogens is 224 g/mol. The topological polar surface area (TPSA) is 32.3 Å². The lowest BCUT2D eigenvalue weighted by Crippen LogP contribution is -2.53. The van der Waals surface area contributed by atoms with Crippen LogP contribution in [0.25, 0.3) is 0 Å². The Morgan fingerprint density at radius 2 is 2.11 bits per heavy atom. The summed E-state index contributed by atoms with van der Waals surface area (Å²) < 4.78 is 0. The van der Waals surface area contributed by atoms with E-state index in [2.05, 4.69) is 24.4 Å². The second-order valence-corrected chi connectivity index (χ2v) is 5.11. The molecule has 1 aliphatic rings. The number of nitrogens with zero attached hydrogens (tertiary/aromatic N) is 1. The summed E-state index contributed by atoms with van der Waals surface area (Å²) in [5.41, 5.74) is 0.862. The molecule has 0 radical (unpaired) electrons. The molecule has 1 aromatic carbocycles. The number of hydrogen-bond donors (Lipinski definition) is 1. The van der Waals surface area contributed by atoms with E-state index in [1.165, 1.54) is 5.56 Å². The molecular formula is C15H22N2O. The minimum absolute atomic E-state index is 0.228. The van der Waals surface area contributed by atoms with Crippen LogP contribution in [0.3, 0.4) is 0 Å². The van der Waals surface area contributed by atoms with Crippen LogP contribution in [0, 0.1) is 0 Å². The third kappa shape index (κ3) is 2.56. The molecule has 18 heavy (non-hydrogen) atoms. The van der Waals surface area contributed by atoms with Gasteiger partial charge in [0.05, 0.1) is 5.54 Å². The highest BCUT2D eigenvalue weighted by Gasteiger charge is 2.40. The Hall–Kier alpha value is -1.35. The van der Waals surface area contributed by atoms with E-state index in [4.69, 9.17) is 0 Å². The smallest absolute Gasteiger partial charge is 0.242 e. The number of nitrogens with one attached hydrogen (secondary N) is 1. The number of carbonyl (C=O) groups is 1. The quantitative estimate of drug-likeness (QED) is 0.883. The molecule has 1 N–H and O–H groups in total. The molecule has 0 aromatic heterocycles. The molecule has 1 aliphatic heterocycles. The van der Waals surface area contributed by atoms with Crippen molar-refractivity contribution in [1.82, 2.24) is 10.2 Å². The Morgan fingerprint density at radius 3 is 2.67 bits per heavy atom. The van der Waals surface area contributed by atoms with E-state index in [1.807, 2.05) is 30.1 Å². The fraction of sp³-hybridized carbons (Fsp3) is 0.533. The van der Waals surface area contributed by atoms with Crippen molar-refractivity contribution in [1.29, 1.82) is 0 Å². The number of likely N-dealkylation sites (N-methyl/N-ethyl adjacent to an activating group) is 1. The molecule has 1 unspecified atom stereocenters. The molecule has 0 bridgehead atoms. The van der Waals surface area contributed by atoms with Crippen molar-refractivity contribution in [2.24, 2.45) is 0 Å². The van der Waals surface area contributed by atoms with Crippen LogP contribution in [-0.2, 0) is 11.3 Å². The number of carbonyl (C=O) groups excluding carboxylic acids is 1. The molecule has 0 aliphatic carbocycles. The summed E-state index contributed by atoms with van der Waals surface area (Å²) in [4.78, 5) is 14.4. The average Bonchev–Trinajstić information content (AvgIpc) is 2.89. The van der Waals surface area contributed by atoms with Gasteiger partial charge in [0.15, 0.2) is 0 Å². The third-order valence-electron chi connectivity index (χ3n) is 3.87. The van der Waals surface area contributed by atoms with Crippen LogP contribution in [-0.4, -0.2) is 29.9 Å². The van der Waals surface area contributed by atoms with E-state index in [-0.39, 0.29) is 11.4 Å². The molecule has 1 amide bonds. The summed E-state index contributed by atoms with van der Waals surface area (Å²) >= 11 is 0. The van der Waals surface area contributed by atoms with Crippen LogP contribution in [0.5, 0.6) is 0 Å². The van der Waals surface area contributed by atoms with E-state index in [9.17, 15) is 4.79 Å². The maximum Gasteiger partial charge on any atom is 0.242 e. The summed E-state index contributed by atoms with van der Waals surface area (Å²) in [6.07, 6.45) is 2.92. The van der Waals surface area contributed by atoms with Gasteiger partial charge >= 0.3 is 0 Å². The van der Waals surface area contributed by atoms with Gasteiger partial charge in [-0.2, -0.15) is 0 Å². The molecule has 0 saturated carbocycles. The van der Waals surface area contributed by atoms with Crippen molar-refractivity contribution in [3.63, 3.8) is 0 Å². The SMILES string of the molecule is CCC1(C(=O)N(C)Cc2ccccc2)CCCN1. The molecule has 1 fully saturated rings. The summed E-state index contributed by atoms with van der Waals surface area (Å²) in [5, 5.41) is 3.40. The molecule has 0 spiro atoms. The standard InChI is InChI=1S/C15H22N2O/c1-3-15(10-7-11-16-15)14(18)17(2)12-13-8-5-4-6-9-13/h4-6,8-9,16H,3,7,10-12H2,1-2H3. The molecule has 3 nitrogen and oxygen atoms in total. The Bertz CT molecular complexity index is 396. The van der Waals surface area contributed by atoms with E-state index in [0.717, 1.165) is 25.8 Å². The van der Waals surface area contributed by atoms with Crippen LogP contribution >= 0.6 is 0 Å². The summed E-state index contributed by atoms with van der Waals surface area (Å²) in [6, 6.07) is 10.1. The Balaban J connectivity index is 2.04. The van der Waals surface area contributed by atoms with Gasteiger partial charge in [-0.15, -0.1) is 0 Å². The minimum atomic E-state index is -0.316. The van der Waals surface area contributed by atoms with Gasteiger partial charge in [0, 0.05) is 13.6 Å². The third-order valence-corrected chi connectivity index (χ3v) is 3.87. The molecule has 1 atom stereocenters. The lowest BCUT2D eigenvalue weighted by molar-refractivity contribution is -0.137. The van der Waals surface area contributed by atoms with Crippen LogP contribution in [0.2, 0.25) is 0 Å². The van der Waals surface area contributed by atoms with Gasteiger partial charge in [-0.3, -0.25) is 4.79 Å². The zero-order chi connectivity index (χ0) is 13.0. The number of rotatable bonds is 4. The Kier molecular flexibility index (Phi) is 4.02. The van der Waals surface area contributed by atoms with E-state index < -0.39 is 0 Å². The lowest BCUT2D eigenvalue weighted by Gasteiger charge is -2.31. The second-order valence-electron chi connectivity index (χ2n) is 5.11. The van der Waals surface area contributed by atoms with E-state index in [0.29, 0.717) is 6.54 Å². The van der Waals surface area contributed by atoms with Crippen molar-refractivity contribution < 1.29 is 4.79 Å². The zero-order valence-corrected chi connectivity index (χ0v) is 11.3. The van der Waals surface area contributed by atoms with Crippen molar-refractivity contribution in [3.8, 4) is 0 Å². The first-order valence-corrected chi connectivity index (χ1v) is 6.72. The Morgan fingerprint density at radius 1 is 1.39 bits per heavy atom. The predicted molar refractivity (Wildman–Crippen MR) is 73.2 cm³/mol. The largest absolute Gasteiger partial charge is 0.340 e. The highest BCUT2D eigenvalue weighted by molar-refractivity contribution is 5.86. The van der Waals surface area contributed by atoms with E-state index in [1.54, 1.807) is 0 Å². The number of benzene rings is 1. The van der Waals surface area contributed by atoms with Gasteiger partial charge in [0.1, 0.15) is 0 Å². The van der Waals surface area contributed by atoms with E-state index >= 15 is 0 Å².